The minimum Gasteiger partial charge on any atom is -0.316 e. The summed E-state index contributed by atoms with van der Waals surface area (Å²) in [5, 5.41) is 2.63. The molecule has 0 aromatic heterocycles. The lowest BCUT2D eigenvalue weighted by Gasteiger charge is -2.18. The zero-order chi connectivity index (χ0) is 14.2. The average molecular weight is 364 g/mol. The number of rotatable bonds is 3. The molecular formula is C11H14Cl3FN2O2S. The van der Waals surface area contributed by atoms with Gasteiger partial charge in [0.15, 0.2) is 0 Å². The molecule has 1 aliphatic rings. The van der Waals surface area contributed by atoms with Crippen molar-refractivity contribution in [3.8, 4) is 0 Å². The van der Waals surface area contributed by atoms with Gasteiger partial charge in [-0.2, -0.15) is 4.31 Å². The van der Waals surface area contributed by atoms with E-state index in [1.165, 1.54) is 4.31 Å². The molecule has 1 atom stereocenters. The lowest BCUT2D eigenvalue weighted by molar-refractivity contribution is 0.464. The van der Waals surface area contributed by atoms with E-state index >= 15 is 0 Å². The van der Waals surface area contributed by atoms with E-state index in [1.54, 1.807) is 7.05 Å². The molecule has 1 aliphatic heterocycles. The predicted octanol–water partition coefficient (Wildman–Crippen LogP) is 2.54. The van der Waals surface area contributed by atoms with Gasteiger partial charge in [0.05, 0.1) is 10.0 Å². The van der Waals surface area contributed by atoms with Gasteiger partial charge < -0.3 is 5.32 Å². The number of hydrogen-bond acceptors (Lipinski definition) is 3. The fraction of sp³-hybridized carbons (Fsp3) is 0.455. The van der Waals surface area contributed by atoms with Crippen LogP contribution in [0.5, 0.6) is 0 Å². The molecule has 0 radical (unpaired) electrons. The van der Waals surface area contributed by atoms with Gasteiger partial charge in [-0.3, -0.25) is 0 Å². The first-order valence-electron chi connectivity index (χ1n) is 5.68. The fourth-order valence-electron chi connectivity index (χ4n) is 2.09. The normalized spacial score (nSPS) is 19.9. The highest BCUT2D eigenvalue weighted by molar-refractivity contribution is 7.89. The van der Waals surface area contributed by atoms with Crippen molar-refractivity contribution in [1.82, 2.24) is 9.62 Å². The summed E-state index contributed by atoms with van der Waals surface area (Å²) in [5.74, 6) is -0.663. The SMILES string of the molecule is CNC1CCN(S(=O)(=O)c2c(Cl)cc(F)cc2Cl)C1.Cl. The lowest BCUT2D eigenvalue weighted by atomic mass is 10.3. The van der Waals surface area contributed by atoms with Crippen LogP contribution in [0.2, 0.25) is 10.0 Å². The molecule has 1 aromatic rings. The first-order chi connectivity index (χ1) is 8.86. The molecule has 1 saturated heterocycles. The molecule has 0 saturated carbocycles. The van der Waals surface area contributed by atoms with Crippen molar-refractivity contribution >= 4 is 45.6 Å². The third-order valence-corrected chi connectivity index (χ3v) is 5.91. The Morgan fingerprint density at radius 3 is 2.35 bits per heavy atom. The first kappa shape index (κ1) is 17.9. The van der Waals surface area contributed by atoms with Gasteiger partial charge in [-0.1, -0.05) is 23.2 Å². The van der Waals surface area contributed by atoms with Crippen LogP contribution in [0, 0.1) is 5.82 Å². The molecule has 0 aliphatic carbocycles. The second kappa shape index (κ2) is 6.77. The minimum absolute atomic E-state index is 0. The molecule has 2 rings (SSSR count). The van der Waals surface area contributed by atoms with Crippen molar-refractivity contribution in [1.29, 1.82) is 0 Å². The second-order valence-corrected chi connectivity index (χ2v) is 7.03. The lowest BCUT2D eigenvalue weighted by Crippen LogP contribution is -2.33. The highest BCUT2D eigenvalue weighted by Gasteiger charge is 2.34. The predicted molar refractivity (Wildman–Crippen MR) is 79.9 cm³/mol. The van der Waals surface area contributed by atoms with E-state index in [4.69, 9.17) is 23.2 Å². The molecule has 1 fully saturated rings. The van der Waals surface area contributed by atoms with Crippen LogP contribution in [-0.4, -0.2) is 38.9 Å². The maximum absolute atomic E-state index is 13.1. The van der Waals surface area contributed by atoms with Crippen molar-refractivity contribution < 1.29 is 12.8 Å². The van der Waals surface area contributed by atoms with Crippen molar-refractivity contribution in [2.75, 3.05) is 20.1 Å². The molecule has 114 valence electrons. The van der Waals surface area contributed by atoms with E-state index in [-0.39, 0.29) is 33.4 Å². The molecule has 0 bridgehead atoms. The van der Waals surface area contributed by atoms with Gasteiger partial charge in [-0.25, -0.2) is 12.8 Å². The van der Waals surface area contributed by atoms with Crippen LogP contribution >= 0.6 is 35.6 Å². The van der Waals surface area contributed by atoms with Crippen LogP contribution in [0.4, 0.5) is 4.39 Å². The average Bonchev–Trinajstić information content (AvgIpc) is 2.75. The molecule has 1 unspecified atom stereocenters. The van der Waals surface area contributed by atoms with E-state index in [1.807, 2.05) is 0 Å². The molecule has 1 heterocycles. The van der Waals surface area contributed by atoms with Crippen molar-refractivity contribution in [3.63, 3.8) is 0 Å². The Balaban J connectivity index is 0.00000200. The number of likely N-dealkylation sites (N-methyl/N-ethyl adjacent to an activating group) is 1. The molecule has 0 amide bonds. The van der Waals surface area contributed by atoms with Gasteiger partial charge in [0, 0.05) is 19.1 Å². The third kappa shape index (κ3) is 3.37. The Kier molecular flexibility index (Phi) is 6.07. The molecule has 4 nitrogen and oxygen atoms in total. The summed E-state index contributed by atoms with van der Waals surface area (Å²) in [5.41, 5.74) is 0. The third-order valence-electron chi connectivity index (χ3n) is 3.12. The smallest absolute Gasteiger partial charge is 0.246 e. The Hall–Kier alpha value is -0.110. The Labute approximate surface area is 133 Å². The molecule has 1 N–H and O–H groups in total. The van der Waals surface area contributed by atoms with Gasteiger partial charge in [0.25, 0.3) is 0 Å². The standard InChI is InChI=1S/C11H13Cl2FN2O2S.ClH/c1-15-8-2-3-16(6-8)19(17,18)11-9(12)4-7(14)5-10(11)13;/h4-5,8,15H,2-3,6H2,1H3;1H. The van der Waals surface area contributed by atoms with E-state index < -0.39 is 15.8 Å². The number of hydrogen-bond donors (Lipinski definition) is 1. The van der Waals surface area contributed by atoms with E-state index in [2.05, 4.69) is 5.32 Å². The first-order valence-corrected chi connectivity index (χ1v) is 7.88. The Morgan fingerprint density at radius 2 is 1.90 bits per heavy atom. The molecule has 0 spiro atoms. The van der Waals surface area contributed by atoms with E-state index in [0.29, 0.717) is 19.5 Å². The highest BCUT2D eigenvalue weighted by Crippen LogP contribution is 2.33. The Bertz CT molecular complexity index is 574. The summed E-state index contributed by atoms with van der Waals surface area (Å²) in [7, 11) is -2.02. The summed E-state index contributed by atoms with van der Waals surface area (Å²) in [6, 6.07) is 2.01. The molecule has 1 aromatic carbocycles. The summed E-state index contributed by atoms with van der Waals surface area (Å²) in [4.78, 5) is -0.228. The number of halogens is 4. The van der Waals surface area contributed by atoms with Crippen LogP contribution in [0.25, 0.3) is 0 Å². The topological polar surface area (TPSA) is 49.4 Å². The highest BCUT2D eigenvalue weighted by atomic mass is 35.5. The number of sulfonamides is 1. The van der Waals surface area contributed by atoms with Gasteiger partial charge >= 0.3 is 0 Å². The van der Waals surface area contributed by atoms with Gasteiger partial charge in [0.1, 0.15) is 10.7 Å². The molecular weight excluding hydrogens is 350 g/mol. The summed E-state index contributed by atoms with van der Waals surface area (Å²) in [6.45, 7) is 0.737. The monoisotopic (exact) mass is 362 g/mol. The van der Waals surface area contributed by atoms with E-state index in [0.717, 1.165) is 12.1 Å². The van der Waals surface area contributed by atoms with Crippen molar-refractivity contribution in [2.24, 2.45) is 0 Å². The van der Waals surface area contributed by atoms with Crippen LogP contribution in [0.3, 0.4) is 0 Å². The number of nitrogens with zero attached hydrogens (tertiary/aromatic N) is 1. The zero-order valence-electron chi connectivity index (χ0n) is 10.6. The quantitative estimate of drug-likeness (QED) is 0.898. The van der Waals surface area contributed by atoms with Crippen LogP contribution in [0.15, 0.2) is 17.0 Å². The summed E-state index contributed by atoms with van der Waals surface area (Å²) < 4.78 is 39.3. The molecule has 9 heteroatoms. The zero-order valence-corrected chi connectivity index (χ0v) is 13.7. The van der Waals surface area contributed by atoms with Crippen LogP contribution in [-0.2, 0) is 10.0 Å². The van der Waals surface area contributed by atoms with Crippen molar-refractivity contribution in [3.05, 3.63) is 28.0 Å². The number of benzene rings is 1. The van der Waals surface area contributed by atoms with Gasteiger partial charge in [0.2, 0.25) is 10.0 Å². The fourth-order valence-corrected chi connectivity index (χ4v) is 4.72. The number of nitrogens with one attached hydrogen (secondary N) is 1. The van der Waals surface area contributed by atoms with Gasteiger partial charge in [-0.15, -0.1) is 12.4 Å². The van der Waals surface area contributed by atoms with E-state index in [9.17, 15) is 12.8 Å². The maximum atomic E-state index is 13.1. The largest absolute Gasteiger partial charge is 0.316 e. The molecule has 20 heavy (non-hydrogen) atoms. The van der Waals surface area contributed by atoms with Crippen molar-refractivity contribution in [2.45, 2.75) is 17.4 Å². The van der Waals surface area contributed by atoms with Gasteiger partial charge in [-0.05, 0) is 25.6 Å². The summed E-state index contributed by atoms with van der Waals surface area (Å²) in [6.07, 6.45) is 0.714. The Morgan fingerprint density at radius 1 is 1.35 bits per heavy atom. The summed E-state index contributed by atoms with van der Waals surface area (Å²) >= 11 is 11.6. The minimum atomic E-state index is -3.80. The second-order valence-electron chi connectivity index (χ2n) is 4.34. The maximum Gasteiger partial charge on any atom is 0.246 e. The van der Waals surface area contributed by atoms with Crippen LogP contribution in [0.1, 0.15) is 6.42 Å². The van der Waals surface area contributed by atoms with Crippen LogP contribution < -0.4 is 5.32 Å².